The first-order valence-corrected chi connectivity index (χ1v) is 9.00. The second kappa shape index (κ2) is 4.92. The van der Waals surface area contributed by atoms with Gasteiger partial charge in [0.05, 0.1) is 5.60 Å². The molecule has 0 spiro atoms. The lowest BCUT2D eigenvalue weighted by Crippen LogP contribution is -2.44. The van der Waals surface area contributed by atoms with E-state index in [9.17, 15) is 9.32 Å². The smallest absolute Gasteiger partial charge is 0.0710 e. The molecule has 4 rings (SSSR count). The van der Waals surface area contributed by atoms with Crippen LogP contribution in [0.5, 0.6) is 0 Å². The number of aliphatic hydroxyl groups is 1. The first kappa shape index (κ1) is 13.5. The van der Waals surface area contributed by atoms with E-state index in [4.69, 9.17) is 0 Å². The van der Waals surface area contributed by atoms with E-state index in [-0.39, 0.29) is 10.5 Å². The number of hydrogen-bond donors (Lipinski definition) is 1. The number of fused-ring (bicyclic) bond motifs is 3. The van der Waals surface area contributed by atoms with Crippen LogP contribution in [0.15, 0.2) is 42.5 Å². The third-order valence-electron chi connectivity index (χ3n) is 5.03. The Balaban J connectivity index is 1.60. The second-order valence-electron chi connectivity index (χ2n) is 6.64. The Morgan fingerprint density at radius 3 is 2.43 bits per heavy atom. The van der Waals surface area contributed by atoms with Crippen molar-refractivity contribution in [2.45, 2.75) is 48.2 Å². The van der Waals surface area contributed by atoms with E-state index in [1.807, 2.05) is 12.1 Å². The molecule has 2 nitrogen and oxygen atoms in total. The summed E-state index contributed by atoms with van der Waals surface area (Å²) in [5.41, 5.74) is 0.519. The van der Waals surface area contributed by atoms with Gasteiger partial charge in [0, 0.05) is 27.7 Å². The van der Waals surface area contributed by atoms with E-state index in [0.29, 0.717) is 19.3 Å². The molecule has 0 aromatic heterocycles. The van der Waals surface area contributed by atoms with Crippen LogP contribution in [0.2, 0.25) is 0 Å². The molecular weight excluding hydrogens is 280 g/mol. The highest BCUT2D eigenvalue weighted by atomic mass is 32.2. The van der Waals surface area contributed by atoms with Crippen LogP contribution in [-0.2, 0) is 17.2 Å². The van der Waals surface area contributed by atoms with Crippen LogP contribution in [0.1, 0.15) is 31.2 Å². The molecule has 3 heteroatoms. The maximum absolute atomic E-state index is 12.1. The standard InChI is InChI=1S/C18H20O2S/c19-18(11-16-7-8-17(12-18)21(16)20)10-13-5-6-14-3-1-2-4-15(14)9-13/h1-6,9,16-17,19H,7-8,10-12H2. The Morgan fingerprint density at radius 2 is 1.71 bits per heavy atom. The fraction of sp³-hybridized carbons (Fsp3) is 0.444. The molecule has 110 valence electrons. The summed E-state index contributed by atoms with van der Waals surface area (Å²) in [6.07, 6.45) is 4.13. The average Bonchev–Trinajstić information content (AvgIpc) is 2.71. The Labute approximate surface area is 127 Å². The molecule has 2 aliphatic heterocycles. The third kappa shape index (κ3) is 2.43. The molecule has 1 N–H and O–H groups in total. The fourth-order valence-electron chi connectivity index (χ4n) is 4.05. The maximum Gasteiger partial charge on any atom is 0.0710 e. The molecule has 2 unspecified atom stereocenters. The Bertz CT molecular complexity index is 693. The topological polar surface area (TPSA) is 37.3 Å². The van der Waals surface area contributed by atoms with E-state index in [1.54, 1.807) is 0 Å². The van der Waals surface area contributed by atoms with Crippen molar-refractivity contribution < 1.29 is 9.32 Å². The second-order valence-corrected chi connectivity index (χ2v) is 8.63. The third-order valence-corrected chi connectivity index (χ3v) is 7.15. The summed E-state index contributed by atoms with van der Waals surface area (Å²) in [7, 11) is -0.705. The molecule has 2 bridgehead atoms. The molecule has 2 heterocycles. The first-order valence-electron chi connectivity index (χ1n) is 7.72. The van der Waals surface area contributed by atoms with Crippen molar-refractivity contribution >= 4 is 21.6 Å². The van der Waals surface area contributed by atoms with Gasteiger partial charge in [-0.05, 0) is 42.0 Å². The lowest BCUT2D eigenvalue weighted by molar-refractivity contribution is 0.0231. The largest absolute Gasteiger partial charge is 0.389 e. The lowest BCUT2D eigenvalue weighted by atomic mass is 9.86. The predicted octanol–water partition coefficient (Wildman–Crippen LogP) is 3.19. The summed E-state index contributed by atoms with van der Waals surface area (Å²) in [6.45, 7) is 0. The van der Waals surface area contributed by atoms with Gasteiger partial charge < -0.3 is 5.11 Å². The van der Waals surface area contributed by atoms with Crippen molar-refractivity contribution in [3.05, 3.63) is 48.0 Å². The lowest BCUT2D eigenvalue weighted by Gasteiger charge is -2.36. The highest BCUT2D eigenvalue weighted by molar-refractivity contribution is 7.86. The first-order chi connectivity index (χ1) is 10.1. The van der Waals surface area contributed by atoms with Gasteiger partial charge in [0.25, 0.3) is 0 Å². The summed E-state index contributed by atoms with van der Waals surface area (Å²) in [6, 6.07) is 14.7. The zero-order valence-corrected chi connectivity index (χ0v) is 12.8. The Morgan fingerprint density at radius 1 is 1.05 bits per heavy atom. The van der Waals surface area contributed by atoms with Gasteiger partial charge in [-0.3, -0.25) is 4.21 Å². The number of rotatable bonds is 2. The molecule has 2 aromatic rings. The molecule has 0 aliphatic carbocycles. The van der Waals surface area contributed by atoms with Crippen LogP contribution in [-0.4, -0.2) is 25.4 Å². The van der Waals surface area contributed by atoms with Crippen LogP contribution in [0, 0.1) is 0 Å². The van der Waals surface area contributed by atoms with E-state index in [2.05, 4.69) is 30.3 Å². The van der Waals surface area contributed by atoms with Crippen molar-refractivity contribution in [2.75, 3.05) is 0 Å². The summed E-state index contributed by atoms with van der Waals surface area (Å²) < 4.78 is 12.1. The number of benzene rings is 2. The minimum atomic E-state index is -0.705. The van der Waals surface area contributed by atoms with E-state index in [1.165, 1.54) is 16.3 Å². The predicted molar refractivity (Wildman–Crippen MR) is 86.8 cm³/mol. The quantitative estimate of drug-likeness (QED) is 0.925. The highest BCUT2D eigenvalue weighted by Gasteiger charge is 2.47. The zero-order chi connectivity index (χ0) is 14.4. The van der Waals surface area contributed by atoms with Crippen molar-refractivity contribution in [3.8, 4) is 0 Å². The summed E-state index contributed by atoms with van der Waals surface area (Å²) >= 11 is 0. The van der Waals surface area contributed by atoms with E-state index in [0.717, 1.165) is 12.8 Å². The highest BCUT2D eigenvalue weighted by Crippen LogP contribution is 2.42. The monoisotopic (exact) mass is 300 g/mol. The molecule has 0 saturated carbocycles. The van der Waals surface area contributed by atoms with Crippen LogP contribution >= 0.6 is 0 Å². The van der Waals surface area contributed by atoms with Crippen LogP contribution < -0.4 is 0 Å². The van der Waals surface area contributed by atoms with Gasteiger partial charge in [-0.2, -0.15) is 0 Å². The SMILES string of the molecule is O=S1C2CCC1CC(O)(Cc1ccc3ccccc3c1)C2. The van der Waals surface area contributed by atoms with Crippen molar-refractivity contribution in [1.29, 1.82) is 0 Å². The van der Waals surface area contributed by atoms with Gasteiger partial charge in [0.15, 0.2) is 0 Å². The van der Waals surface area contributed by atoms with Gasteiger partial charge in [0.2, 0.25) is 0 Å². The maximum atomic E-state index is 12.1. The Kier molecular flexibility index (Phi) is 3.16. The molecule has 2 atom stereocenters. The molecular formula is C18H20O2S. The Hall–Kier alpha value is -1.19. The van der Waals surface area contributed by atoms with Crippen LogP contribution in [0.25, 0.3) is 10.8 Å². The normalized spacial score (nSPS) is 35.2. The van der Waals surface area contributed by atoms with Crippen LogP contribution in [0.4, 0.5) is 0 Å². The van der Waals surface area contributed by atoms with Gasteiger partial charge in [0.1, 0.15) is 0 Å². The molecule has 2 fully saturated rings. The van der Waals surface area contributed by atoms with Crippen molar-refractivity contribution in [1.82, 2.24) is 0 Å². The number of hydrogen-bond acceptors (Lipinski definition) is 2. The van der Waals surface area contributed by atoms with Crippen LogP contribution in [0.3, 0.4) is 0 Å². The minimum Gasteiger partial charge on any atom is -0.389 e. The summed E-state index contributed by atoms with van der Waals surface area (Å²) in [5, 5.41) is 13.9. The molecule has 2 aliphatic rings. The van der Waals surface area contributed by atoms with E-state index < -0.39 is 16.4 Å². The minimum absolute atomic E-state index is 0.217. The van der Waals surface area contributed by atoms with Gasteiger partial charge in [-0.1, -0.05) is 42.5 Å². The van der Waals surface area contributed by atoms with Gasteiger partial charge in [-0.15, -0.1) is 0 Å². The molecule has 2 saturated heterocycles. The van der Waals surface area contributed by atoms with Crippen molar-refractivity contribution in [2.24, 2.45) is 0 Å². The molecule has 2 aromatic carbocycles. The van der Waals surface area contributed by atoms with Gasteiger partial charge >= 0.3 is 0 Å². The van der Waals surface area contributed by atoms with Gasteiger partial charge in [-0.25, -0.2) is 0 Å². The molecule has 21 heavy (non-hydrogen) atoms. The van der Waals surface area contributed by atoms with E-state index >= 15 is 0 Å². The summed E-state index contributed by atoms with van der Waals surface area (Å²) in [5.74, 6) is 0. The molecule has 0 amide bonds. The summed E-state index contributed by atoms with van der Waals surface area (Å²) in [4.78, 5) is 0. The van der Waals surface area contributed by atoms with Crippen molar-refractivity contribution in [3.63, 3.8) is 0 Å². The zero-order valence-electron chi connectivity index (χ0n) is 12.0. The average molecular weight is 300 g/mol. The molecule has 0 radical (unpaired) electrons. The fourth-order valence-corrected chi connectivity index (χ4v) is 6.28.